The third-order valence-electron chi connectivity index (χ3n) is 0.453. The molecule has 0 saturated carbocycles. The molecule has 0 aliphatic carbocycles. The van der Waals surface area contributed by atoms with Crippen LogP contribution in [-0.2, 0) is 9.53 Å². The Kier molecular flexibility index (Phi) is 13.1. The van der Waals surface area contributed by atoms with Gasteiger partial charge in [-0.1, -0.05) is 6.58 Å². The molecular formula is C6H13NO3. The number of aliphatic hydroxyl groups is 1. The Morgan fingerprint density at radius 3 is 2.40 bits per heavy atom. The molecule has 0 rings (SSSR count). The van der Waals surface area contributed by atoms with E-state index in [0.717, 1.165) is 6.08 Å². The second-order valence-corrected chi connectivity index (χ2v) is 1.14. The van der Waals surface area contributed by atoms with E-state index in [1.165, 1.54) is 0 Å². The number of nitrogens with two attached hydrogens (primary N) is 1. The summed E-state index contributed by atoms with van der Waals surface area (Å²) < 4.78 is 4.43. The molecule has 0 heterocycles. The van der Waals surface area contributed by atoms with Gasteiger partial charge in [0.2, 0.25) is 0 Å². The lowest BCUT2D eigenvalue weighted by Gasteiger charge is -1.90. The summed E-state index contributed by atoms with van der Waals surface area (Å²) >= 11 is 0. The molecule has 0 unspecified atom stereocenters. The van der Waals surface area contributed by atoms with Crippen molar-refractivity contribution < 1.29 is 14.6 Å². The van der Waals surface area contributed by atoms with Crippen molar-refractivity contribution in [2.75, 3.05) is 13.3 Å². The van der Waals surface area contributed by atoms with Crippen molar-refractivity contribution in [3.8, 4) is 0 Å². The Hall–Kier alpha value is -0.870. The first-order chi connectivity index (χ1) is 4.72. The number of ether oxygens (including phenoxy) is 1. The third-order valence-corrected chi connectivity index (χ3v) is 0.453. The van der Waals surface area contributed by atoms with Crippen molar-refractivity contribution in [2.45, 2.75) is 6.92 Å². The summed E-state index contributed by atoms with van der Waals surface area (Å²) in [5, 5.41) is 7.35. The summed E-state index contributed by atoms with van der Waals surface area (Å²) in [7, 11) is 0. The second kappa shape index (κ2) is 11.0. The van der Waals surface area contributed by atoms with Crippen molar-refractivity contribution >= 4 is 5.97 Å². The molecule has 0 radical (unpaired) electrons. The topological polar surface area (TPSA) is 72.5 Å². The summed E-state index contributed by atoms with van der Waals surface area (Å²) in [4.78, 5) is 10.1. The largest absolute Gasteiger partial charge is 0.463 e. The fourth-order valence-corrected chi connectivity index (χ4v) is 0.201. The first kappa shape index (κ1) is 11.9. The Bertz CT molecular complexity index is 93.0. The number of hydrogen-bond acceptors (Lipinski definition) is 4. The van der Waals surface area contributed by atoms with Crippen LogP contribution in [0.5, 0.6) is 0 Å². The lowest BCUT2D eigenvalue weighted by atomic mass is 10.6. The molecule has 0 amide bonds. The van der Waals surface area contributed by atoms with Gasteiger partial charge >= 0.3 is 5.97 Å². The molecule has 0 atom stereocenters. The fourth-order valence-electron chi connectivity index (χ4n) is 0.201. The Morgan fingerprint density at radius 2 is 2.30 bits per heavy atom. The lowest BCUT2D eigenvalue weighted by Crippen LogP contribution is -1.97. The van der Waals surface area contributed by atoms with E-state index in [0.29, 0.717) is 6.61 Å². The predicted molar refractivity (Wildman–Crippen MR) is 38.1 cm³/mol. The van der Waals surface area contributed by atoms with E-state index in [9.17, 15) is 4.79 Å². The Balaban J connectivity index is 0. The fraction of sp³-hybridized carbons (Fsp3) is 0.500. The van der Waals surface area contributed by atoms with Crippen molar-refractivity contribution in [1.82, 2.24) is 0 Å². The normalized spacial score (nSPS) is 7.10. The Morgan fingerprint density at radius 1 is 1.90 bits per heavy atom. The van der Waals surface area contributed by atoms with E-state index < -0.39 is 0 Å². The highest BCUT2D eigenvalue weighted by Gasteiger charge is 1.86. The van der Waals surface area contributed by atoms with Gasteiger partial charge in [-0.05, 0) is 6.92 Å². The number of esters is 1. The van der Waals surface area contributed by atoms with Crippen molar-refractivity contribution in [3.05, 3.63) is 12.7 Å². The van der Waals surface area contributed by atoms with Crippen molar-refractivity contribution in [1.29, 1.82) is 0 Å². The SMILES string of the molecule is C=CC(=O)OCC.NCO. The molecule has 4 heteroatoms. The molecule has 0 saturated heterocycles. The van der Waals surface area contributed by atoms with Crippen LogP contribution in [0.1, 0.15) is 6.92 Å². The van der Waals surface area contributed by atoms with Gasteiger partial charge in [0.05, 0.1) is 13.3 Å². The zero-order valence-electron chi connectivity index (χ0n) is 6.04. The van der Waals surface area contributed by atoms with Gasteiger partial charge in [0.25, 0.3) is 0 Å². The van der Waals surface area contributed by atoms with Crippen molar-refractivity contribution in [2.24, 2.45) is 5.73 Å². The summed E-state index contributed by atoms with van der Waals surface area (Å²) in [6.07, 6.45) is 1.14. The molecule has 0 spiro atoms. The molecule has 0 aliphatic heterocycles. The predicted octanol–water partition coefficient (Wildman–Crippen LogP) is -0.370. The summed E-state index contributed by atoms with van der Waals surface area (Å²) in [6.45, 7) is 5.13. The van der Waals surface area contributed by atoms with Crippen LogP contribution in [-0.4, -0.2) is 24.4 Å². The highest BCUT2D eigenvalue weighted by molar-refractivity contribution is 5.81. The smallest absolute Gasteiger partial charge is 0.330 e. The van der Waals surface area contributed by atoms with Crippen LogP contribution in [0.3, 0.4) is 0 Å². The first-order valence-electron chi connectivity index (χ1n) is 2.83. The van der Waals surface area contributed by atoms with Crippen LogP contribution < -0.4 is 5.73 Å². The maximum atomic E-state index is 10.1. The number of hydrogen-bond donors (Lipinski definition) is 2. The highest BCUT2D eigenvalue weighted by atomic mass is 16.5. The van der Waals surface area contributed by atoms with Gasteiger partial charge in [-0.25, -0.2) is 4.79 Å². The minimum absolute atomic E-state index is 0.250. The van der Waals surface area contributed by atoms with E-state index in [1.807, 2.05) is 0 Å². The number of rotatable bonds is 2. The summed E-state index contributed by atoms with van der Waals surface area (Å²) in [6, 6.07) is 0. The average molecular weight is 147 g/mol. The molecule has 0 fully saturated rings. The monoisotopic (exact) mass is 147 g/mol. The van der Waals surface area contributed by atoms with Gasteiger partial charge in [0.1, 0.15) is 0 Å². The van der Waals surface area contributed by atoms with Crippen LogP contribution in [0.2, 0.25) is 0 Å². The molecule has 0 aromatic heterocycles. The molecule has 60 valence electrons. The molecule has 0 aromatic rings. The van der Waals surface area contributed by atoms with E-state index in [2.05, 4.69) is 17.0 Å². The van der Waals surface area contributed by atoms with Gasteiger partial charge in [-0.15, -0.1) is 0 Å². The lowest BCUT2D eigenvalue weighted by molar-refractivity contribution is -0.137. The maximum Gasteiger partial charge on any atom is 0.330 e. The van der Waals surface area contributed by atoms with Crippen LogP contribution in [0.15, 0.2) is 12.7 Å². The van der Waals surface area contributed by atoms with Gasteiger partial charge in [0, 0.05) is 6.08 Å². The standard InChI is InChI=1S/C5H8O2.CH5NO/c1-3-5(6)7-4-2;2-1-3/h3H,1,4H2,2H3;3H,1-2H2. The van der Waals surface area contributed by atoms with Crippen LogP contribution in [0, 0.1) is 0 Å². The summed E-state index contributed by atoms with van der Waals surface area (Å²) in [5.41, 5.74) is 4.40. The van der Waals surface area contributed by atoms with Crippen LogP contribution in [0.25, 0.3) is 0 Å². The molecule has 4 nitrogen and oxygen atoms in total. The van der Waals surface area contributed by atoms with Crippen LogP contribution >= 0.6 is 0 Å². The Labute approximate surface area is 60.3 Å². The molecular weight excluding hydrogens is 134 g/mol. The minimum atomic E-state index is -0.359. The second-order valence-electron chi connectivity index (χ2n) is 1.14. The zero-order valence-corrected chi connectivity index (χ0v) is 6.04. The highest BCUT2D eigenvalue weighted by Crippen LogP contribution is 1.74. The number of carbonyl (C=O) groups is 1. The maximum absolute atomic E-state index is 10.1. The number of carbonyl (C=O) groups excluding carboxylic acids is 1. The van der Waals surface area contributed by atoms with Gasteiger partial charge in [0.15, 0.2) is 0 Å². The van der Waals surface area contributed by atoms with Gasteiger partial charge in [-0.2, -0.15) is 0 Å². The average Bonchev–Trinajstić information content (AvgIpc) is 1.90. The third kappa shape index (κ3) is 15.7. The van der Waals surface area contributed by atoms with Crippen LogP contribution in [0.4, 0.5) is 0 Å². The van der Waals surface area contributed by atoms with E-state index >= 15 is 0 Å². The quantitative estimate of drug-likeness (QED) is 0.317. The van der Waals surface area contributed by atoms with E-state index in [4.69, 9.17) is 5.11 Å². The van der Waals surface area contributed by atoms with Crippen molar-refractivity contribution in [3.63, 3.8) is 0 Å². The zero-order chi connectivity index (χ0) is 8.41. The molecule has 0 aromatic carbocycles. The molecule has 0 bridgehead atoms. The molecule has 3 N–H and O–H groups in total. The van der Waals surface area contributed by atoms with Gasteiger partial charge < -0.3 is 15.6 Å². The molecule has 10 heavy (non-hydrogen) atoms. The van der Waals surface area contributed by atoms with Gasteiger partial charge in [-0.3, -0.25) is 0 Å². The number of aliphatic hydroxyl groups excluding tert-OH is 1. The van der Waals surface area contributed by atoms with E-state index in [-0.39, 0.29) is 12.7 Å². The minimum Gasteiger partial charge on any atom is -0.463 e. The van der Waals surface area contributed by atoms with E-state index in [1.54, 1.807) is 6.92 Å². The molecule has 0 aliphatic rings. The summed E-state index contributed by atoms with van der Waals surface area (Å²) in [5.74, 6) is -0.359. The first-order valence-corrected chi connectivity index (χ1v) is 2.83.